The number of fused-ring (bicyclic) bond motifs is 1. The molecule has 6 nitrogen and oxygen atoms in total. The van der Waals surface area contributed by atoms with Crippen molar-refractivity contribution in [3.63, 3.8) is 0 Å². The van der Waals surface area contributed by atoms with Crippen LogP contribution in [0.3, 0.4) is 0 Å². The molecule has 0 aliphatic heterocycles. The maximum absolute atomic E-state index is 11.8. The van der Waals surface area contributed by atoms with Crippen LogP contribution in [0, 0.1) is 11.3 Å². The van der Waals surface area contributed by atoms with E-state index < -0.39 is 7.60 Å². The lowest BCUT2D eigenvalue weighted by molar-refractivity contribution is -0.688. The average molecular weight is 550 g/mol. The molecule has 0 amide bonds. The number of benzene rings is 3. The largest absolute Gasteiger partial charge is 1.00 e. The second kappa shape index (κ2) is 11.7. The summed E-state index contributed by atoms with van der Waals surface area (Å²) >= 11 is 0. The van der Waals surface area contributed by atoms with E-state index in [-0.39, 0.29) is 30.1 Å². The lowest BCUT2D eigenvalue weighted by atomic mass is 10.0. The summed E-state index contributed by atoms with van der Waals surface area (Å²) in [7, 11) is -4.33. The van der Waals surface area contributed by atoms with Gasteiger partial charge < -0.3 is 34.6 Å². The highest BCUT2D eigenvalue weighted by Gasteiger charge is 2.22. The molecule has 0 saturated carbocycles. The van der Waals surface area contributed by atoms with E-state index in [9.17, 15) is 19.6 Å². The zero-order valence-electron chi connectivity index (χ0n) is 19.4. The van der Waals surface area contributed by atoms with Gasteiger partial charge in [-0.25, -0.2) is 4.57 Å². The third-order valence-electron chi connectivity index (χ3n) is 6.01. The topological polar surface area (TPSA) is 89.1 Å². The number of hydrogen-bond acceptors (Lipinski definition) is 2. The van der Waals surface area contributed by atoms with Crippen molar-refractivity contribution in [2.75, 3.05) is 0 Å². The van der Waals surface area contributed by atoms with E-state index in [1.807, 2.05) is 94.6 Å². The number of rotatable bonds is 5. The summed E-state index contributed by atoms with van der Waals surface area (Å²) in [6.45, 7) is 0.363. The standard InChI is InChI=1S/C28H20N3O3P.2ClH/c29-19-23-9-10-27(26-7-3-2-6-25(23)26)31-17-13-22(14-18-31)21-11-15-30(16-12-21)20-24-5-1-4-8-28(24)35(32,33)34;;/h1-18H,20H2;2*1H. The van der Waals surface area contributed by atoms with Crippen molar-refractivity contribution in [1.82, 2.24) is 0 Å². The molecular weight excluding hydrogens is 528 g/mol. The fourth-order valence-electron chi connectivity index (χ4n) is 4.27. The maximum Gasteiger partial charge on any atom is 0.356 e. The van der Waals surface area contributed by atoms with E-state index >= 15 is 0 Å². The Morgan fingerprint density at radius 3 is 1.92 bits per heavy atom. The normalized spacial score (nSPS) is 10.7. The Morgan fingerprint density at radius 1 is 0.730 bits per heavy atom. The monoisotopic (exact) mass is 549 g/mol. The molecule has 3 aromatic carbocycles. The zero-order valence-corrected chi connectivity index (χ0v) is 21.9. The summed E-state index contributed by atoms with van der Waals surface area (Å²) in [6.07, 6.45) is 7.81. The third-order valence-corrected chi connectivity index (χ3v) is 7.08. The van der Waals surface area contributed by atoms with Crippen molar-refractivity contribution in [2.45, 2.75) is 6.54 Å². The van der Waals surface area contributed by atoms with Crippen molar-refractivity contribution in [3.05, 3.63) is 121 Å². The molecule has 0 radical (unpaired) electrons. The number of aromatic nitrogens is 2. The minimum Gasteiger partial charge on any atom is -1.00 e. The summed E-state index contributed by atoms with van der Waals surface area (Å²) in [5, 5.41) is 11.4. The Labute approximate surface area is 227 Å². The van der Waals surface area contributed by atoms with Gasteiger partial charge >= 0.3 is 7.60 Å². The SMILES string of the molecule is N#Cc1ccc(-[n+]2ccc(-c3cc[n+](Cc4ccccc4P(=O)(O)O)cc3)cc2)c2ccccc12.[Cl-].[Cl-]. The smallest absolute Gasteiger partial charge is 0.356 e. The molecule has 186 valence electrons. The fourth-order valence-corrected chi connectivity index (χ4v) is 5.07. The van der Waals surface area contributed by atoms with Gasteiger partial charge in [-0.2, -0.15) is 9.83 Å². The van der Waals surface area contributed by atoms with E-state index in [4.69, 9.17) is 0 Å². The Hall–Kier alpha value is -3.56. The highest BCUT2D eigenvalue weighted by Crippen LogP contribution is 2.34. The van der Waals surface area contributed by atoms with E-state index in [1.165, 1.54) is 6.07 Å². The van der Waals surface area contributed by atoms with Gasteiger partial charge in [-0.05, 0) is 29.3 Å². The molecule has 37 heavy (non-hydrogen) atoms. The van der Waals surface area contributed by atoms with Crippen LogP contribution in [-0.2, 0) is 11.1 Å². The first kappa shape index (κ1) is 28.0. The third kappa shape index (κ3) is 5.89. The average Bonchev–Trinajstić information content (AvgIpc) is 2.88. The number of nitrogens with zero attached hydrogens (tertiary/aromatic N) is 3. The quantitative estimate of drug-likeness (QED) is 0.192. The number of pyridine rings is 2. The minimum absolute atomic E-state index is 0. The lowest BCUT2D eigenvalue weighted by Gasteiger charge is -2.08. The number of hydrogen-bond donors (Lipinski definition) is 2. The van der Waals surface area contributed by atoms with Crippen molar-refractivity contribution in [3.8, 4) is 22.9 Å². The maximum atomic E-state index is 11.8. The van der Waals surface area contributed by atoms with Crippen LogP contribution < -0.4 is 39.3 Å². The van der Waals surface area contributed by atoms with Crippen LogP contribution in [0.25, 0.3) is 27.6 Å². The van der Waals surface area contributed by atoms with Gasteiger partial charge in [-0.15, -0.1) is 0 Å². The first-order chi connectivity index (χ1) is 16.9. The molecule has 2 heterocycles. The van der Waals surface area contributed by atoms with Gasteiger partial charge in [-0.3, -0.25) is 4.57 Å². The van der Waals surface area contributed by atoms with Gasteiger partial charge in [0.05, 0.1) is 22.3 Å². The van der Waals surface area contributed by atoms with Crippen LogP contribution in [0.1, 0.15) is 11.1 Å². The van der Waals surface area contributed by atoms with Gasteiger partial charge in [0.2, 0.25) is 5.69 Å². The molecule has 0 unspecified atom stereocenters. The molecule has 0 fully saturated rings. The molecule has 9 heteroatoms. The van der Waals surface area contributed by atoms with Crippen LogP contribution in [0.2, 0.25) is 0 Å². The van der Waals surface area contributed by atoms with Gasteiger partial charge in [0.25, 0.3) is 0 Å². The molecular formula is C28H22Cl2N3O3P. The van der Waals surface area contributed by atoms with E-state index in [0.717, 1.165) is 27.6 Å². The fraction of sp³-hybridized carbons (Fsp3) is 0.0357. The number of halogens is 2. The molecule has 0 bridgehead atoms. The molecule has 5 aromatic rings. The van der Waals surface area contributed by atoms with Crippen LogP contribution in [0.4, 0.5) is 0 Å². The molecule has 5 rings (SSSR count). The molecule has 0 spiro atoms. The highest BCUT2D eigenvalue weighted by molar-refractivity contribution is 7.60. The van der Waals surface area contributed by atoms with E-state index in [2.05, 4.69) is 6.07 Å². The van der Waals surface area contributed by atoms with Crippen LogP contribution in [-0.4, -0.2) is 9.79 Å². The Kier molecular flexibility index (Phi) is 8.83. The molecule has 0 saturated heterocycles. The van der Waals surface area contributed by atoms with Crippen LogP contribution >= 0.6 is 7.60 Å². The van der Waals surface area contributed by atoms with Gasteiger partial charge in [0.1, 0.15) is 0 Å². The zero-order chi connectivity index (χ0) is 24.4. The Morgan fingerprint density at radius 2 is 1.30 bits per heavy atom. The molecule has 0 aliphatic rings. The predicted molar refractivity (Wildman–Crippen MR) is 133 cm³/mol. The lowest BCUT2D eigenvalue weighted by Crippen LogP contribution is -3.00. The van der Waals surface area contributed by atoms with Gasteiger partial charge in [-0.1, -0.05) is 36.4 Å². The summed E-state index contributed by atoms with van der Waals surface area (Å²) in [6, 6.07) is 28.6. The summed E-state index contributed by atoms with van der Waals surface area (Å²) in [5.41, 5.74) is 4.32. The van der Waals surface area contributed by atoms with Crippen LogP contribution in [0.5, 0.6) is 0 Å². The summed E-state index contributed by atoms with van der Waals surface area (Å²) in [5.74, 6) is 0. The molecule has 2 N–H and O–H groups in total. The Balaban J connectivity index is 0.00000190. The van der Waals surface area contributed by atoms with Gasteiger partial charge in [0.15, 0.2) is 31.3 Å². The van der Waals surface area contributed by atoms with Crippen molar-refractivity contribution in [1.29, 1.82) is 5.26 Å². The van der Waals surface area contributed by atoms with E-state index in [0.29, 0.717) is 17.7 Å². The van der Waals surface area contributed by atoms with Crippen molar-refractivity contribution >= 4 is 23.7 Å². The van der Waals surface area contributed by atoms with Crippen molar-refractivity contribution in [2.24, 2.45) is 0 Å². The minimum atomic E-state index is -4.33. The molecule has 0 atom stereocenters. The van der Waals surface area contributed by atoms with Crippen LogP contribution in [0.15, 0.2) is 110 Å². The Bertz CT molecular complexity index is 1630. The van der Waals surface area contributed by atoms with Gasteiger partial charge in [0, 0.05) is 41.3 Å². The highest BCUT2D eigenvalue weighted by atomic mass is 35.5. The first-order valence-electron chi connectivity index (χ1n) is 11.0. The summed E-state index contributed by atoms with van der Waals surface area (Å²) < 4.78 is 15.7. The second-order valence-electron chi connectivity index (χ2n) is 8.22. The second-order valence-corrected chi connectivity index (χ2v) is 9.79. The molecule has 2 aromatic heterocycles. The summed E-state index contributed by atoms with van der Waals surface area (Å²) in [4.78, 5) is 19.2. The first-order valence-corrected chi connectivity index (χ1v) is 12.6. The van der Waals surface area contributed by atoms with Crippen molar-refractivity contribution < 1.29 is 48.3 Å². The number of nitriles is 1. The molecule has 0 aliphatic carbocycles. The van der Waals surface area contributed by atoms with E-state index in [1.54, 1.807) is 18.2 Å². The predicted octanol–water partition coefficient (Wildman–Crippen LogP) is -2.20.